The topological polar surface area (TPSA) is 17.8 Å². The van der Waals surface area contributed by atoms with Crippen molar-refractivity contribution in [3.05, 3.63) is 63.3 Å². The molecule has 3 aromatic rings. The van der Waals surface area contributed by atoms with E-state index in [-0.39, 0.29) is 0 Å². The van der Waals surface area contributed by atoms with Gasteiger partial charge in [0.2, 0.25) is 0 Å². The third-order valence-corrected chi connectivity index (χ3v) is 4.16. The lowest BCUT2D eigenvalue weighted by molar-refractivity contribution is 0.688. The summed E-state index contributed by atoms with van der Waals surface area (Å²) < 4.78 is 2.05. The number of rotatable bonds is 4. The molecule has 1 aromatic heterocycles. The number of benzene rings is 2. The highest BCUT2D eigenvalue weighted by atomic mass is 35.5. The molecule has 114 valence electrons. The first kappa shape index (κ1) is 15.4. The Hall–Kier alpha value is -1.51. The van der Waals surface area contributed by atoms with Crippen molar-refractivity contribution in [3.8, 4) is 0 Å². The van der Waals surface area contributed by atoms with Gasteiger partial charge in [-0.15, -0.1) is 0 Å². The molecule has 0 amide bonds. The third kappa shape index (κ3) is 3.13. The van der Waals surface area contributed by atoms with Gasteiger partial charge in [-0.25, -0.2) is 0 Å². The molecule has 0 saturated carbocycles. The van der Waals surface area contributed by atoms with Crippen LogP contribution in [0, 0.1) is 6.92 Å². The minimum absolute atomic E-state index is 0.656. The molecular weight excluding hydrogens is 315 g/mol. The Morgan fingerprint density at radius 2 is 1.77 bits per heavy atom. The van der Waals surface area contributed by atoms with Crippen LogP contribution in [0.15, 0.2) is 36.4 Å². The van der Waals surface area contributed by atoms with Crippen LogP contribution in [0.25, 0.3) is 10.9 Å². The number of fused-ring (bicyclic) bond motifs is 1. The molecule has 0 aliphatic rings. The third-order valence-electron chi connectivity index (χ3n) is 3.73. The van der Waals surface area contributed by atoms with Crippen molar-refractivity contribution in [2.45, 2.75) is 33.2 Å². The molecule has 4 heteroatoms. The highest BCUT2D eigenvalue weighted by Crippen LogP contribution is 2.24. The summed E-state index contributed by atoms with van der Waals surface area (Å²) in [7, 11) is 0. The van der Waals surface area contributed by atoms with E-state index >= 15 is 0 Å². The molecule has 0 spiro atoms. The molecule has 0 saturated heterocycles. The van der Waals surface area contributed by atoms with Gasteiger partial charge in [-0.2, -0.15) is 5.10 Å². The average Bonchev–Trinajstić information content (AvgIpc) is 2.75. The van der Waals surface area contributed by atoms with Crippen LogP contribution >= 0.6 is 23.2 Å². The van der Waals surface area contributed by atoms with Crippen LogP contribution in [-0.2, 0) is 13.0 Å². The summed E-state index contributed by atoms with van der Waals surface area (Å²) in [5.74, 6) is 0. The van der Waals surface area contributed by atoms with Crippen molar-refractivity contribution in [1.82, 2.24) is 9.78 Å². The maximum Gasteiger partial charge on any atom is 0.0703 e. The van der Waals surface area contributed by atoms with E-state index in [2.05, 4.69) is 36.7 Å². The Morgan fingerprint density at radius 3 is 2.45 bits per heavy atom. The zero-order valence-electron chi connectivity index (χ0n) is 12.7. The predicted molar refractivity (Wildman–Crippen MR) is 94.0 cm³/mol. The Morgan fingerprint density at radius 1 is 1.05 bits per heavy atom. The Labute approximate surface area is 140 Å². The normalized spacial score (nSPS) is 11.3. The van der Waals surface area contributed by atoms with Gasteiger partial charge in [-0.3, -0.25) is 4.68 Å². The van der Waals surface area contributed by atoms with Crippen LogP contribution < -0.4 is 0 Å². The highest BCUT2D eigenvalue weighted by molar-refractivity contribution is 6.34. The number of nitrogens with zero attached hydrogens (tertiary/aromatic N) is 2. The van der Waals surface area contributed by atoms with Gasteiger partial charge >= 0.3 is 0 Å². The SMILES string of the molecule is CCCc1nn(Cc2cc(Cl)cc(Cl)c2)c2cc(C)ccc12. The summed E-state index contributed by atoms with van der Waals surface area (Å²) in [6, 6.07) is 12.1. The number of hydrogen-bond acceptors (Lipinski definition) is 1. The zero-order chi connectivity index (χ0) is 15.7. The van der Waals surface area contributed by atoms with Gasteiger partial charge in [0.15, 0.2) is 0 Å². The highest BCUT2D eigenvalue weighted by Gasteiger charge is 2.11. The molecule has 22 heavy (non-hydrogen) atoms. The zero-order valence-corrected chi connectivity index (χ0v) is 14.2. The Bertz CT molecular complexity index is 801. The number of halogens is 2. The van der Waals surface area contributed by atoms with Crippen molar-refractivity contribution < 1.29 is 0 Å². The summed E-state index contributed by atoms with van der Waals surface area (Å²) in [5.41, 5.74) is 4.62. The fourth-order valence-corrected chi connectivity index (χ4v) is 3.34. The van der Waals surface area contributed by atoms with Crippen LogP contribution in [-0.4, -0.2) is 9.78 Å². The van der Waals surface area contributed by atoms with Gasteiger partial charge in [0, 0.05) is 15.4 Å². The molecule has 0 aliphatic carbocycles. The van der Waals surface area contributed by atoms with Gasteiger partial charge < -0.3 is 0 Å². The van der Waals surface area contributed by atoms with E-state index in [9.17, 15) is 0 Å². The average molecular weight is 333 g/mol. The van der Waals surface area contributed by atoms with Gasteiger partial charge in [0.25, 0.3) is 0 Å². The van der Waals surface area contributed by atoms with Crippen LogP contribution in [0.3, 0.4) is 0 Å². The van der Waals surface area contributed by atoms with Crippen molar-refractivity contribution in [1.29, 1.82) is 0 Å². The predicted octanol–water partition coefficient (Wildman–Crippen LogP) is 5.65. The first-order valence-electron chi connectivity index (χ1n) is 7.48. The first-order chi connectivity index (χ1) is 10.6. The van der Waals surface area contributed by atoms with E-state index < -0.39 is 0 Å². The summed E-state index contributed by atoms with van der Waals surface area (Å²) in [6.45, 7) is 4.95. The van der Waals surface area contributed by atoms with Gasteiger partial charge in [-0.05, 0) is 48.7 Å². The number of aryl methyl sites for hydroxylation is 2. The fourth-order valence-electron chi connectivity index (χ4n) is 2.77. The van der Waals surface area contributed by atoms with Gasteiger partial charge in [0.1, 0.15) is 0 Å². The van der Waals surface area contributed by atoms with Crippen molar-refractivity contribution in [3.63, 3.8) is 0 Å². The minimum atomic E-state index is 0.656. The van der Waals surface area contributed by atoms with Crippen LogP contribution in [0.4, 0.5) is 0 Å². The lowest BCUT2D eigenvalue weighted by Crippen LogP contribution is -2.02. The lowest BCUT2D eigenvalue weighted by atomic mass is 10.1. The quantitative estimate of drug-likeness (QED) is 0.603. The smallest absolute Gasteiger partial charge is 0.0703 e. The molecule has 0 radical (unpaired) electrons. The van der Waals surface area contributed by atoms with Crippen LogP contribution in [0.1, 0.15) is 30.2 Å². The summed E-state index contributed by atoms with van der Waals surface area (Å²) in [4.78, 5) is 0. The largest absolute Gasteiger partial charge is 0.260 e. The van der Waals surface area contributed by atoms with E-state index in [1.165, 1.54) is 16.5 Å². The van der Waals surface area contributed by atoms with E-state index in [1.807, 2.05) is 12.1 Å². The maximum absolute atomic E-state index is 6.10. The second kappa shape index (κ2) is 6.31. The minimum Gasteiger partial charge on any atom is -0.260 e. The van der Waals surface area contributed by atoms with Crippen molar-refractivity contribution >= 4 is 34.1 Å². The molecular formula is C18H18Cl2N2. The molecule has 0 unspecified atom stereocenters. The standard InChI is InChI=1S/C18H18Cl2N2/c1-3-4-17-16-6-5-12(2)7-18(16)22(21-17)11-13-8-14(19)10-15(20)9-13/h5-10H,3-4,11H2,1-2H3. The number of hydrogen-bond donors (Lipinski definition) is 0. The Balaban J connectivity index is 2.07. The van der Waals surface area contributed by atoms with E-state index in [4.69, 9.17) is 28.3 Å². The lowest BCUT2D eigenvalue weighted by Gasteiger charge is -2.06. The summed E-state index contributed by atoms with van der Waals surface area (Å²) in [6.07, 6.45) is 2.08. The molecule has 0 atom stereocenters. The maximum atomic E-state index is 6.10. The van der Waals surface area contributed by atoms with E-state index in [1.54, 1.807) is 6.07 Å². The van der Waals surface area contributed by atoms with Crippen LogP contribution in [0.2, 0.25) is 10.0 Å². The van der Waals surface area contributed by atoms with E-state index in [0.717, 1.165) is 24.1 Å². The van der Waals surface area contributed by atoms with E-state index in [0.29, 0.717) is 16.6 Å². The molecule has 3 rings (SSSR count). The second-order valence-electron chi connectivity index (χ2n) is 5.65. The second-order valence-corrected chi connectivity index (χ2v) is 6.53. The molecule has 0 bridgehead atoms. The van der Waals surface area contributed by atoms with Gasteiger partial charge in [0.05, 0.1) is 17.8 Å². The number of aromatic nitrogens is 2. The molecule has 2 nitrogen and oxygen atoms in total. The first-order valence-corrected chi connectivity index (χ1v) is 8.23. The molecule has 0 fully saturated rings. The summed E-state index contributed by atoms with van der Waals surface area (Å²) >= 11 is 12.2. The van der Waals surface area contributed by atoms with Gasteiger partial charge in [-0.1, -0.05) is 48.7 Å². The van der Waals surface area contributed by atoms with Crippen LogP contribution in [0.5, 0.6) is 0 Å². The van der Waals surface area contributed by atoms with Crippen molar-refractivity contribution in [2.75, 3.05) is 0 Å². The molecule has 0 N–H and O–H groups in total. The molecule has 0 aliphatic heterocycles. The Kier molecular flexibility index (Phi) is 4.42. The fraction of sp³-hybridized carbons (Fsp3) is 0.278. The molecule has 1 heterocycles. The molecule has 2 aromatic carbocycles. The monoisotopic (exact) mass is 332 g/mol. The summed E-state index contributed by atoms with van der Waals surface area (Å²) in [5, 5.41) is 7.35. The van der Waals surface area contributed by atoms with Crippen molar-refractivity contribution in [2.24, 2.45) is 0 Å².